The van der Waals surface area contributed by atoms with Gasteiger partial charge in [0, 0.05) is 21.9 Å². The number of nitro benzene ring substituents is 1. The number of nitrogens with zero attached hydrogens (tertiary/aromatic N) is 1. The van der Waals surface area contributed by atoms with Gasteiger partial charge in [-0.2, -0.15) is 0 Å². The number of nitro groups is 1. The molecule has 1 atom stereocenters. The molecule has 2 aromatic carbocycles. The van der Waals surface area contributed by atoms with Crippen molar-refractivity contribution in [1.29, 1.82) is 0 Å². The lowest BCUT2D eigenvalue weighted by Crippen LogP contribution is -1.94. The van der Waals surface area contributed by atoms with Gasteiger partial charge < -0.3 is 0 Å². The number of rotatable bonds is 2. The van der Waals surface area contributed by atoms with Crippen molar-refractivity contribution in [1.82, 2.24) is 0 Å². The number of thioether (sulfide) groups is 1. The van der Waals surface area contributed by atoms with Crippen molar-refractivity contribution in [2.45, 2.75) is 14.4 Å². The Labute approximate surface area is 122 Å². The topological polar surface area (TPSA) is 43.1 Å². The highest BCUT2D eigenvalue weighted by atomic mass is 33.1. The van der Waals surface area contributed by atoms with E-state index in [0.29, 0.717) is 0 Å². The highest BCUT2D eigenvalue weighted by Gasteiger charge is 2.22. The molecule has 0 bridgehead atoms. The first-order chi connectivity index (χ1) is 9.24. The van der Waals surface area contributed by atoms with Crippen molar-refractivity contribution in [2.75, 3.05) is 0 Å². The standard InChI is InChI=1S/C13H9NO2S3/c15-14(16)10-7-5-9(6-8-10)13-17-11-3-1-2-4-12(11)18-19-13/h1-8,13H. The van der Waals surface area contributed by atoms with Gasteiger partial charge in [-0.15, -0.1) is 11.8 Å². The van der Waals surface area contributed by atoms with Gasteiger partial charge in [0.1, 0.15) is 0 Å². The van der Waals surface area contributed by atoms with E-state index < -0.39 is 0 Å². The van der Waals surface area contributed by atoms with Gasteiger partial charge >= 0.3 is 0 Å². The Bertz CT molecular complexity index is 616. The van der Waals surface area contributed by atoms with E-state index in [1.54, 1.807) is 45.5 Å². The molecule has 0 fully saturated rings. The molecule has 0 aliphatic carbocycles. The Morgan fingerprint density at radius 1 is 1.00 bits per heavy atom. The monoisotopic (exact) mass is 307 g/mol. The van der Waals surface area contributed by atoms with E-state index in [4.69, 9.17) is 0 Å². The van der Waals surface area contributed by atoms with Crippen LogP contribution >= 0.6 is 33.3 Å². The molecule has 0 amide bonds. The third kappa shape index (κ3) is 2.75. The lowest BCUT2D eigenvalue weighted by atomic mass is 10.2. The van der Waals surface area contributed by atoms with Gasteiger partial charge in [0.15, 0.2) is 0 Å². The van der Waals surface area contributed by atoms with Crippen molar-refractivity contribution in [3.63, 3.8) is 0 Å². The molecule has 1 heterocycles. The van der Waals surface area contributed by atoms with Crippen LogP contribution in [-0.4, -0.2) is 4.92 Å². The van der Waals surface area contributed by atoms with Gasteiger partial charge in [-0.1, -0.05) is 45.9 Å². The minimum Gasteiger partial charge on any atom is -0.258 e. The predicted octanol–water partition coefficient (Wildman–Crippen LogP) is 5.14. The summed E-state index contributed by atoms with van der Waals surface area (Å²) in [6.45, 7) is 0. The Morgan fingerprint density at radius 3 is 2.37 bits per heavy atom. The smallest absolute Gasteiger partial charge is 0.258 e. The maximum Gasteiger partial charge on any atom is 0.269 e. The van der Waals surface area contributed by atoms with Gasteiger partial charge in [0.25, 0.3) is 5.69 Å². The first kappa shape index (κ1) is 12.9. The number of hydrogen-bond donors (Lipinski definition) is 0. The Kier molecular flexibility index (Phi) is 3.72. The van der Waals surface area contributed by atoms with E-state index in [9.17, 15) is 10.1 Å². The zero-order valence-corrected chi connectivity index (χ0v) is 12.1. The van der Waals surface area contributed by atoms with Gasteiger partial charge in [0.2, 0.25) is 0 Å². The van der Waals surface area contributed by atoms with Crippen LogP contribution < -0.4 is 0 Å². The van der Waals surface area contributed by atoms with Crippen LogP contribution in [0.25, 0.3) is 0 Å². The van der Waals surface area contributed by atoms with Crippen molar-refractivity contribution >= 4 is 39.0 Å². The van der Waals surface area contributed by atoms with Crippen LogP contribution in [-0.2, 0) is 0 Å². The van der Waals surface area contributed by atoms with Crippen molar-refractivity contribution < 1.29 is 4.92 Å². The summed E-state index contributed by atoms with van der Waals surface area (Å²) in [5.74, 6) is 0. The summed E-state index contributed by atoms with van der Waals surface area (Å²) in [6, 6.07) is 15.1. The first-order valence-corrected chi connectivity index (χ1v) is 8.67. The molecular formula is C13H9NO2S3. The van der Waals surface area contributed by atoms with Crippen LogP contribution in [0.15, 0.2) is 58.3 Å². The average Bonchev–Trinajstić information content (AvgIpc) is 2.47. The summed E-state index contributed by atoms with van der Waals surface area (Å²) in [6.07, 6.45) is 0. The molecular weight excluding hydrogens is 298 g/mol. The number of hydrogen-bond acceptors (Lipinski definition) is 5. The Morgan fingerprint density at radius 2 is 1.68 bits per heavy atom. The zero-order valence-electron chi connectivity index (χ0n) is 9.68. The van der Waals surface area contributed by atoms with E-state index in [2.05, 4.69) is 12.1 Å². The summed E-state index contributed by atoms with van der Waals surface area (Å²) < 4.78 is 0.278. The molecule has 0 aromatic heterocycles. The average molecular weight is 307 g/mol. The third-order valence-corrected chi connectivity index (χ3v) is 7.34. The molecule has 3 rings (SSSR count). The lowest BCUT2D eigenvalue weighted by Gasteiger charge is -2.22. The van der Waals surface area contributed by atoms with Gasteiger partial charge in [-0.25, -0.2) is 0 Å². The molecule has 0 radical (unpaired) electrons. The molecule has 3 nitrogen and oxygen atoms in total. The highest BCUT2D eigenvalue weighted by Crippen LogP contribution is 2.58. The summed E-state index contributed by atoms with van der Waals surface area (Å²) in [7, 11) is 3.55. The maximum absolute atomic E-state index is 10.6. The van der Waals surface area contributed by atoms with Crippen molar-refractivity contribution in [3.05, 3.63) is 64.2 Å². The van der Waals surface area contributed by atoms with Crippen LogP contribution in [0.3, 0.4) is 0 Å². The van der Waals surface area contributed by atoms with Crippen LogP contribution in [0.4, 0.5) is 5.69 Å². The summed E-state index contributed by atoms with van der Waals surface area (Å²) >= 11 is 1.80. The van der Waals surface area contributed by atoms with Gasteiger partial charge in [0.05, 0.1) is 9.51 Å². The van der Waals surface area contributed by atoms with Crippen LogP contribution in [0.1, 0.15) is 10.1 Å². The fourth-order valence-corrected chi connectivity index (χ4v) is 6.28. The van der Waals surface area contributed by atoms with Crippen LogP contribution in [0, 0.1) is 10.1 Å². The summed E-state index contributed by atoms with van der Waals surface area (Å²) in [4.78, 5) is 12.8. The number of fused-ring (bicyclic) bond motifs is 1. The molecule has 2 aromatic rings. The first-order valence-electron chi connectivity index (χ1n) is 5.57. The second-order valence-corrected chi connectivity index (χ2v) is 7.72. The molecule has 96 valence electrons. The molecule has 19 heavy (non-hydrogen) atoms. The molecule has 0 saturated heterocycles. The molecule has 1 aliphatic rings. The summed E-state index contributed by atoms with van der Waals surface area (Å²) in [5.41, 5.74) is 1.25. The van der Waals surface area contributed by atoms with Crippen molar-refractivity contribution in [3.8, 4) is 0 Å². The molecule has 1 unspecified atom stereocenters. The summed E-state index contributed by atoms with van der Waals surface area (Å²) in [5, 5.41) is 10.6. The second kappa shape index (κ2) is 5.48. The van der Waals surface area contributed by atoms with E-state index in [1.807, 2.05) is 24.3 Å². The number of non-ortho nitro benzene ring substituents is 1. The largest absolute Gasteiger partial charge is 0.269 e. The minimum absolute atomic E-state index is 0.141. The maximum atomic E-state index is 10.6. The fourth-order valence-electron chi connectivity index (χ4n) is 1.72. The second-order valence-electron chi connectivity index (χ2n) is 3.92. The predicted molar refractivity (Wildman–Crippen MR) is 81.6 cm³/mol. The molecule has 0 spiro atoms. The van der Waals surface area contributed by atoms with Crippen molar-refractivity contribution in [2.24, 2.45) is 0 Å². The molecule has 0 saturated carbocycles. The van der Waals surface area contributed by atoms with Gasteiger partial charge in [-0.05, 0) is 17.7 Å². The van der Waals surface area contributed by atoms with E-state index in [0.717, 1.165) is 5.56 Å². The minimum atomic E-state index is -0.366. The molecule has 0 N–H and O–H groups in total. The SMILES string of the molecule is O=[N+]([O-])c1ccc(C2SSc3ccccc3S2)cc1. The van der Waals surface area contributed by atoms with E-state index >= 15 is 0 Å². The van der Waals surface area contributed by atoms with Crippen LogP contribution in [0.2, 0.25) is 0 Å². The third-order valence-electron chi connectivity index (χ3n) is 2.68. The highest BCUT2D eigenvalue weighted by molar-refractivity contribution is 8.78. The van der Waals surface area contributed by atoms with E-state index in [1.165, 1.54) is 9.79 Å². The lowest BCUT2D eigenvalue weighted by molar-refractivity contribution is -0.384. The van der Waals surface area contributed by atoms with Crippen LogP contribution in [0.5, 0.6) is 0 Å². The molecule has 6 heteroatoms. The fraction of sp³-hybridized carbons (Fsp3) is 0.0769. The van der Waals surface area contributed by atoms with E-state index in [-0.39, 0.29) is 15.2 Å². The molecule has 1 aliphatic heterocycles. The Balaban J connectivity index is 1.83. The number of benzene rings is 2. The van der Waals surface area contributed by atoms with Gasteiger partial charge in [-0.3, -0.25) is 10.1 Å². The zero-order chi connectivity index (χ0) is 13.2. The Hall–Kier alpha value is -1.11. The quantitative estimate of drug-likeness (QED) is 0.436. The normalized spacial score (nSPS) is 17.8.